The Labute approximate surface area is 162 Å². The first-order valence-electron chi connectivity index (χ1n) is 8.64. The van der Waals surface area contributed by atoms with E-state index in [-0.39, 0.29) is 5.91 Å². The Balaban J connectivity index is 1.82. The molecule has 0 aliphatic rings. The van der Waals surface area contributed by atoms with Crippen molar-refractivity contribution in [3.63, 3.8) is 0 Å². The highest BCUT2D eigenvalue weighted by molar-refractivity contribution is 6.31. The largest absolute Gasteiger partial charge is 0.322 e. The number of nitrogens with zero attached hydrogens (tertiary/aromatic N) is 1. The van der Waals surface area contributed by atoms with Crippen molar-refractivity contribution in [1.82, 2.24) is 4.98 Å². The molecular weight excluding hydrogens is 356 g/mol. The minimum absolute atomic E-state index is 0.189. The van der Waals surface area contributed by atoms with Crippen molar-refractivity contribution in [3.05, 3.63) is 95.0 Å². The molecule has 0 saturated carbocycles. The fraction of sp³-hybridized carbons (Fsp3) is 0.0435. The lowest BCUT2D eigenvalue weighted by Crippen LogP contribution is -2.13. The van der Waals surface area contributed by atoms with E-state index in [1.807, 2.05) is 73.7 Å². The fourth-order valence-electron chi connectivity index (χ4n) is 2.98. The van der Waals surface area contributed by atoms with E-state index < -0.39 is 0 Å². The van der Waals surface area contributed by atoms with E-state index >= 15 is 0 Å². The van der Waals surface area contributed by atoms with E-state index in [2.05, 4.69) is 5.32 Å². The molecule has 4 heteroatoms. The quantitative estimate of drug-likeness (QED) is 0.471. The average Bonchev–Trinajstić information content (AvgIpc) is 2.69. The molecule has 1 N–H and O–H groups in total. The topological polar surface area (TPSA) is 42.0 Å². The summed E-state index contributed by atoms with van der Waals surface area (Å²) >= 11 is 6.17. The number of pyridine rings is 1. The van der Waals surface area contributed by atoms with E-state index in [9.17, 15) is 4.79 Å². The van der Waals surface area contributed by atoms with Crippen LogP contribution < -0.4 is 5.32 Å². The van der Waals surface area contributed by atoms with Gasteiger partial charge >= 0.3 is 0 Å². The molecule has 0 aliphatic carbocycles. The third-order valence-electron chi connectivity index (χ3n) is 4.39. The van der Waals surface area contributed by atoms with Crippen molar-refractivity contribution >= 4 is 34.1 Å². The Morgan fingerprint density at radius 3 is 2.41 bits per heavy atom. The van der Waals surface area contributed by atoms with Crippen LogP contribution in [-0.4, -0.2) is 10.9 Å². The summed E-state index contributed by atoms with van der Waals surface area (Å²) in [4.78, 5) is 17.7. The van der Waals surface area contributed by atoms with Crippen molar-refractivity contribution in [3.8, 4) is 11.3 Å². The molecular formula is C23H17ClN2O. The molecule has 0 aliphatic heterocycles. The zero-order valence-electron chi connectivity index (χ0n) is 14.7. The second-order valence-electron chi connectivity index (χ2n) is 6.40. The highest BCUT2D eigenvalue weighted by atomic mass is 35.5. The van der Waals surface area contributed by atoms with Crippen LogP contribution in [-0.2, 0) is 0 Å². The Hall–Kier alpha value is -3.17. The summed E-state index contributed by atoms with van der Waals surface area (Å²) in [5.74, 6) is -0.189. The number of fused-ring (bicyclic) bond motifs is 1. The van der Waals surface area contributed by atoms with E-state index in [4.69, 9.17) is 16.6 Å². The number of aromatic nitrogens is 1. The Kier molecular flexibility index (Phi) is 4.61. The van der Waals surface area contributed by atoms with Gasteiger partial charge in [-0.2, -0.15) is 0 Å². The summed E-state index contributed by atoms with van der Waals surface area (Å²) in [6.07, 6.45) is 0. The van der Waals surface area contributed by atoms with Crippen molar-refractivity contribution < 1.29 is 4.79 Å². The zero-order valence-corrected chi connectivity index (χ0v) is 15.5. The maximum absolute atomic E-state index is 13.0. The van der Waals surface area contributed by atoms with Crippen LogP contribution >= 0.6 is 11.6 Å². The van der Waals surface area contributed by atoms with E-state index in [0.29, 0.717) is 10.6 Å². The van der Waals surface area contributed by atoms with Gasteiger partial charge in [0.15, 0.2) is 0 Å². The van der Waals surface area contributed by atoms with Gasteiger partial charge in [-0.1, -0.05) is 59.6 Å². The average molecular weight is 373 g/mol. The minimum Gasteiger partial charge on any atom is -0.322 e. The second kappa shape index (κ2) is 7.22. The first-order chi connectivity index (χ1) is 13.1. The molecule has 4 aromatic rings. The Morgan fingerprint density at radius 2 is 1.67 bits per heavy atom. The second-order valence-corrected chi connectivity index (χ2v) is 6.84. The molecule has 132 valence electrons. The summed E-state index contributed by atoms with van der Waals surface area (Å²) in [7, 11) is 0. The van der Waals surface area contributed by atoms with Gasteiger partial charge in [0, 0.05) is 21.7 Å². The van der Waals surface area contributed by atoms with Crippen LogP contribution in [0.1, 0.15) is 15.9 Å². The molecule has 0 bridgehead atoms. The fourth-order valence-corrected chi connectivity index (χ4v) is 3.15. The Morgan fingerprint density at radius 1 is 0.926 bits per heavy atom. The van der Waals surface area contributed by atoms with Crippen LogP contribution in [0.4, 0.5) is 5.69 Å². The smallest absolute Gasteiger partial charge is 0.256 e. The first-order valence-corrected chi connectivity index (χ1v) is 9.02. The van der Waals surface area contributed by atoms with Crippen LogP contribution in [0.3, 0.4) is 0 Å². The number of rotatable bonds is 3. The van der Waals surface area contributed by atoms with E-state index in [0.717, 1.165) is 33.4 Å². The molecule has 1 aromatic heterocycles. The molecule has 1 amide bonds. The monoisotopic (exact) mass is 372 g/mol. The van der Waals surface area contributed by atoms with Crippen LogP contribution in [0, 0.1) is 6.92 Å². The lowest BCUT2D eigenvalue weighted by molar-refractivity contribution is 0.102. The number of halogens is 1. The predicted molar refractivity (Wildman–Crippen MR) is 111 cm³/mol. The van der Waals surface area contributed by atoms with Gasteiger partial charge in [-0.3, -0.25) is 4.79 Å². The van der Waals surface area contributed by atoms with Crippen molar-refractivity contribution in [2.75, 3.05) is 5.32 Å². The van der Waals surface area contributed by atoms with Gasteiger partial charge in [-0.25, -0.2) is 4.98 Å². The summed E-state index contributed by atoms with van der Waals surface area (Å²) in [6.45, 7) is 2.01. The third-order valence-corrected chi connectivity index (χ3v) is 4.63. The normalized spacial score (nSPS) is 10.7. The van der Waals surface area contributed by atoms with Crippen LogP contribution in [0.2, 0.25) is 5.02 Å². The minimum atomic E-state index is -0.189. The standard InChI is InChI=1S/C23H17ClN2O/c1-15-7-10-18(11-8-15)25-23(27)20-14-22(16-5-3-2-4-6-16)26-21-12-9-17(24)13-19(20)21/h2-14H,1H3,(H,25,27). The van der Waals surface area contributed by atoms with E-state index in [1.165, 1.54) is 0 Å². The molecule has 27 heavy (non-hydrogen) atoms. The number of nitrogens with one attached hydrogen (secondary N) is 1. The maximum Gasteiger partial charge on any atom is 0.256 e. The summed E-state index contributed by atoms with van der Waals surface area (Å²) in [5, 5.41) is 4.26. The molecule has 0 spiro atoms. The number of carbonyl (C=O) groups is 1. The van der Waals surface area contributed by atoms with Crippen LogP contribution in [0.5, 0.6) is 0 Å². The highest BCUT2D eigenvalue weighted by Gasteiger charge is 2.15. The number of amides is 1. The lowest BCUT2D eigenvalue weighted by Gasteiger charge is -2.11. The molecule has 0 unspecified atom stereocenters. The predicted octanol–water partition coefficient (Wildman–Crippen LogP) is 6.12. The molecule has 3 aromatic carbocycles. The van der Waals surface area contributed by atoms with Gasteiger partial charge in [-0.05, 0) is 43.3 Å². The SMILES string of the molecule is Cc1ccc(NC(=O)c2cc(-c3ccccc3)nc3ccc(Cl)cc23)cc1. The Bertz CT molecular complexity index is 1120. The van der Waals surface area contributed by atoms with Gasteiger partial charge in [0.1, 0.15) is 0 Å². The number of carbonyl (C=O) groups excluding carboxylic acids is 1. The van der Waals surface area contributed by atoms with Gasteiger partial charge in [0.2, 0.25) is 0 Å². The maximum atomic E-state index is 13.0. The zero-order chi connectivity index (χ0) is 18.8. The number of aryl methyl sites for hydroxylation is 1. The van der Waals surface area contributed by atoms with Crippen molar-refractivity contribution in [2.24, 2.45) is 0 Å². The third kappa shape index (κ3) is 3.69. The van der Waals surface area contributed by atoms with Crippen LogP contribution in [0.15, 0.2) is 78.9 Å². The molecule has 0 fully saturated rings. The molecule has 0 radical (unpaired) electrons. The number of hydrogen-bond acceptors (Lipinski definition) is 2. The van der Waals surface area contributed by atoms with Gasteiger partial charge in [0.05, 0.1) is 16.8 Å². The summed E-state index contributed by atoms with van der Waals surface area (Å²) < 4.78 is 0. The first kappa shape index (κ1) is 17.3. The van der Waals surface area contributed by atoms with Gasteiger partial charge in [-0.15, -0.1) is 0 Å². The molecule has 4 rings (SSSR count). The number of anilines is 1. The van der Waals surface area contributed by atoms with Crippen molar-refractivity contribution in [1.29, 1.82) is 0 Å². The van der Waals surface area contributed by atoms with Gasteiger partial charge < -0.3 is 5.32 Å². The lowest BCUT2D eigenvalue weighted by atomic mass is 10.0. The molecule has 0 atom stereocenters. The molecule has 0 saturated heterocycles. The summed E-state index contributed by atoms with van der Waals surface area (Å²) in [6, 6.07) is 24.7. The van der Waals surface area contributed by atoms with E-state index in [1.54, 1.807) is 12.1 Å². The van der Waals surface area contributed by atoms with Crippen molar-refractivity contribution in [2.45, 2.75) is 6.92 Å². The van der Waals surface area contributed by atoms with Crippen LogP contribution in [0.25, 0.3) is 22.2 Å². The highest BCUT2D eigenvalue weighted by Crippen LogP contribution is 2.27. The molecule has 3 nitrogen and oxygen atoms in total. The number of benzene rings is 3. The number of hydrogen-bond donors (Lipinski definition) is 1. The van der Waals surface area contributed by atoms with Gasteiger partial charge in [0.25, 0.3) is 5.91 Å². The summed E-state index contributed by atoms with van der Waals surface area (Å²) in [5.41, 5.74) is 4.87. The molecule has 1 heterocycles.